The maximum atomic E-state index is 11.4. The molecule has 0 radical (unpaired) electrons. The number of thiazole rings is 1. The van der Waals surface area contributed by atoms with Gasteiger partial charge in [-0.1, -0.05) is 0 Å². The number of rotatable bonds is 3. The quantitative estimate of drug-likeness (QED) is 0.825. The Morgan fingerprint density at radius 3 is 2.75 bits per heavy atom. The van der Waals surface area contributed by atoms with Gasteiger partial charge in [0.2, 0.25) is 0 Å². The summed E-state index contributed by atoms with van der Waals surface area (Å²) < 4.78 is 4.68. The lowest BCUT2D eigenvalue weighted by Gasteiger charge is -2.39. The first-order valence-corrected chi connectivity index (χ1v) is 6.20. The summed E-state index contributed by atoms with van der Waals surface area (Å²) in [6.45, 7) is 4.07. The molecule has 88 valence electrons. The molecule has 1 aliphatic rings. The van der Waals surface area contributed by atoms with Gasteiger partial charge in [-0.3, -0.25) is 0 Å². The van der Waals surface area contributed by atoms with Gasteiger partial charge >= 0.3 is 5.97 Å². The van der Waals surface area contributed by atoms with Crippen LogP contribution in [0.2, 0.25) is 0 Å². The van der Waals surface area contributed by atoms with Gasteiger partial charge in [-0.25, -0.2) is 9.78 Å². The molecule has 1 N–H and O–H groups in total. The summed E-state index contributed by atoms with van der Waals surface area (Å²) >= 11 is 1.51. The molecule has 0 amide bonds. The molecule has 16 heavy (non-hydrogen) atoms. The summed E-state index contributed by atoms with van der Waals surface area (Å²) in [5, 5.41) is 4.21. The van der Waals surface area contributed by atoms with Crippen molar-refractivity contribution in [1.82, 2.24) is 4.98 Å². The van der Waals surface area contributed by atoms with Crippen LogP contribution in [-0.2, 0) is 4.74 Å². The molecule has 0 unspecified atom stereocenters. The SMILES string of the molecule is COC(=O)c1nc(NC2(C)CCC2)sc1C. The van der Waals surface area contributed by atoms with Crippen LogP contribution in [0.4, 0.5) is 5.13 Å². The van der Waals surface area contributed by atoms with Crippen LogP contribution in [0, 0.1) is 6.92 Å². The minimum atomic E-state index is -0.361. The van der Waals surface area contributed by atoms with E-state index in [1.807, 2.05) is 6.92 Å². The highest BCUT2D eigenvalue weighted by molar-refractivity contribution is 7.15. The van der Waals surface area contributed by atoms with Crippen molar-refractivity contribution in [2.45, 2.75) is 38.6 Å². The van der Waals surface area contributed by atoms with E-state index in [1.165, 1.54) is 37.7 Å². The van der Waals surface area contributed by atoms with Crippen molar-refractivity contribution >= 4 is 22.4 Å². The van der Waals surface area contributed by atoms with Gasteiger partial charge in [0.25, 0.3) is 0 Å². The van der Waals surface area contributed by atoms with Crippen molar-refractivity contribution in [1.29, 1.82) is 0 Å². The van der Waals surface area contributed by atoms with Crippen LogP contribution < -0.4 is 5.32 Å². The summed E-state index contributed by atoms with van der Waals surface area (Å²) in [5.41, 5.74) is 0.593. The minimum absolute atomic E-state index is 0.164. The largest absolute Gasteiger partial charge is 0.464 e. The third-order valence-corrected chi connectivity index (χ3v) is 3.93. The Bertz CT molecular complexity index is 410. The van der Waals surface area contributed by atoms with Gasteiger partial charge in [0.1, 0.15) is 0 Å². The Morgan fingerprint density at radius 2 is 2.25 bits per heavy atom. The van der Waals surface area contributed by atoms with Crippen LogP contribution in [0.3, 0.4) is 0 Å². The van der Waals surface area contributed by atoms with Crippen molar-refractivity contribution in [3.8, 4) is 0 Å². The van der Waals surface area contributed by atoms with E-state index >= 15 is 0 Å². The van der Waals surface area contributed by atoms with Gasteiger partial charge in [-0.2, -0.15) is 0 Å². The predicted molar refractivity (Wildman–Crippen MR) is 64.1 cm³/mol. The van der Waals surface area contributed by atoms with Gasteiger partial charge in [-0.05, 0) is 33.1 Å². The number of ether oxygens (including phenoxy) is 1. The highest BCUT2D eigenvalue weighted by Gasteiger charge is 2.32. The first-order valence-electron chi connectivity index (χ1n) is 5.38. The van der Waals surface area contributed by atoms with E-state index in [-0.39, 0.29) is 11.5 Å². The van der Waals surface area contributed by atoms with Crippen LogP contribution in [0.1, 0.15) is 41.6 Å². The molecule has 1 aromatic rings. The summed E-state index contributed by atoms with van der Waals surface area (Å²) in [6, 6.07) is 0. The fourth-order valence-electron chi connectivity index (χ4n) is 1.83. The molecule has 1 aliphatic carbocycles. The molecule has 0 aromatic carbocycles. The standard InChI is InChI=1S/C11H16N2O2S/c1-7-8(9(14)15-3)12-10(16-7)13-11(2)5-4-6-11/h4-6H2,1-3H3,(H,12,13). The van der Waals surface area contributed by atoms with Gasteiger partial charge in [0.15, 0.2) is 10.8 Å². The molecule has 0 spiro atoms. The molecule has 1 aromatic heterocycles. The molecular weight excluding hydrogens is 224 g/mol. The molecule has 0 aliphatic heterocycles. The lowest BCUT2D eigenvalue weighted by Crippen LogP contribution is -2.41. The van der Waals surface area contributed by atoms with Crippen molar-refractivity contribution in [3.63, 3.8) is 0 Å². The number of methoxy groups -OCH3 is 1. The van der Waals surface area contributed by atoms with Gasteiger partial charge < -0.3 is 10.1 Å². The van der Waals surface area contributed by atoms with E-state index in [2.05, 4.69) is 22.0 Å². The molecule has 1 fully saturated rings. The zero-order valence-electron chi connectivity index (χ0n) is 9.79. The number of anilines is 1. The monoisotopic (exact) mass is 240 g/mol. The first-order chi connectivity index (χ1) is 7.54. The first kappa shape index (κ1) is 11.4. The Labute approximate surface area is 99.0 Å². The molecule has 0 saturated heterocycles. The summed E-state index contributed by atoms with van der Waals surface area (Å²) in [6.07, 6.45) is 3.59. The third kappa shape index (κ3) is 2.04. The molecule has 1 heterocycles. The normalized spacial score (nSPS) is 17.7. The van der Waals surface area contributed by atoms with Crippen molar-refractivity contribution < 1.29 is 9.53 Å². The fourth-order valence-corrected chi connectivity index (χ4v) is 2.78. The highest BCUT2D eigenvalue weighted by Crippen LogP contribution is 2.36. The van der Waals surface area contributed by atoms with Crippen molar-refractivity contribution in [2.24, 2.45) is 0 Å². The zero-order valence-corrected chi connectivity index (χ0v) is 10.6. The van der Waals surface area contributed by atoms with E-state index in [1.54, 1.807) is 0 Å². The molecule has 4 nitrogen and oxygen atoms in total. The van der Waals surface area contributed by atoms with E-state index in [4.69, 9.17) is 0 Å². The zero-order chi connectivity index (χ0) is 11.8. The smallest absolute Gasteiger partial charge is 0.357 e. The average molecular weight is 240 g/mol. The molecular formula is C11H16N2O2S. The van der Waals surface area contributed by atoms with Crippen molar-refractivity contribution in [3.05, 3.63) is 10.6 Å². The van der Waals surface area contributed by atoms with Crippen LogP contribution in [0.5, 0.6) is 0 Å². The summed E-state index contributed by atoms with van der Waals surface area (Å²) in [5.74, 6) is -0.361. The summed E-state index contributed by atoms with van der Waals surface area (Å²) in [4.78, 5) is 16.6. The van der Waals surface area contributed by atoms with E-state index in [9.17, 15) is 4.79 Å². The Balaban J connectivity index is 2.14. The molecule has 1 saturated carbocycles. The highest BCUT2D eigenvalue weighted by atomic mass is 32.1. The third-order valence-electron chi connectivity index (χ3n) is 3.04. The topological polar surface area (TPSA) is 51.2 Å². The Hall–Kier alpha value is -1.10. The number of carbonyl (C=O) groups is 1. The van der Waals surface area contributed by atoms with Gasteiger partial charge in [0.05, 0.1) is 7.11 Å². The van der Waals surface area contributed by atoms with Gasteiger partial charge in [0, 0.05) is 10.4 Å². The van der Waals surface area contributed by atoms with E-state index < -0.39 is 0 Å². The number of carbonyl (C=O) groups excluding carboxylic acids is 1. The second-order valence-electron chi connectivity index (χ2n) is 4.45. The second kappa shape index (κ2) is 4.05. The van der Waals surface area contributed by atoms with E-state index in [0.717, 1.165) is 10.0 Å². The second-order valence-corrected chi connectivity index (χ2v) is 5.66. The fraction of sp³-hybridized carbons (Fsp3) is 0.636. The maximum absolute atomic E-state index is 11.4. The maximum Gasteiger partial charge on any atom is 0.357 e. The number of nitrogens with zero attached hydrogens (tertiary/aromatic N) is 1. The van der Waals surface area contributed by atoms with Crippen LogP contribution >= 0.6 is 11.3 Å². The number of hydrogen-bond donors (Lipinski definition) is 1. The van der Waals surface area contributed by atoms with Crippen LogP contribution in [-0.4, -0.2) is 23.6 Å². The van der Waals surface area contributed by atoms with E-state index in [0.29, 0.717) is 5.69 Å². The lowest BCUT2D eigenvalue weighted by atomic mass is 9.79. The molecule has 0 atom stereocenters. The Morgan fingerprint density at radius 1 is 1.56 bits per heavy atom. The molecule has 5 heteroatoms. The number of esters is 1. The number of nitrogens with one attached hydrogen (secondary N) is 1. The lowest BCUT2D eigenvalue weighted by molar-refractivity contribution is 0.0594. The van der Waals surface area contributed by atoms with Crippen molar-refractivity contribution in [2.75, 3.05) is 12.4 Å². The number of aromatic nitrogens is 1. The summed E-state index contributed by atoms with van der Waals surface area (Å²) in [7, 11) is 1.38. The van der Waals surface area contributed by atoms with Crippen LogP contribution in [0.25, 0.3) is 0 Å². The predicted octanol–water partition coefficient (Wildman–Crippen LogP) is 2.59. The molecule has 0 bridgehead atoms. The van der Waals surface area contributed by atoms with Crippen LogP contribution in [0.15, 0.2) is 0 Å². The minimum Gasteiger partial charge on any atom is -0.464 e. The Kier molecular flexibility index (Phi) is 2.88. The number of aryl methyl sites for hydroxylation is 1. The average Bonchev–Trinajstić information content (AvgIpc) is 2.56. The number of hydrogen-bond acceptors (Lipinski definition) is 5. The van der Waals surface area contributed by atoms with Gasteiger partial charge in [-0.15, -0.1) is 11.3 Å². The molecule has 2 rings (SSSR count).